The second-order valence-electron chi connectivity index (χ2n) is 6.72. The third-order valence-corrected chi connectivity index (χ3v) is 4.90. The van der Waals surface area contributed by atoms with Crippen LogP contribution in [0.5, 0.6) is 0 Å². The molecule has 1 amide bonds. The monoisotopic (exact) mass is 363 g/mol. The van der Waals surface area contributed by atoms with E-state index in [-0.39, 0.29) is 17.3 Å². The first-order chi connectivity index (χ1) is 13.0. The number of aryl methyl sites for hydroxylation is 1. The molecule has 4 rings (SSSR count). The second kappa shape index (κ2) is 6.92. The standard InChI is InChI=1S/C20H21N5O2/c1-3-25-9-8-16-14(11-25)19(13-6-4-5-7-15(13)23-16)20(27)24-17-10-18(26)22-12(2)21-17/h4-7,10H,3,8-9,11H2,1-2H3,(H2,21,22,24,26,27). The maximum atomic E-state index is 13.2. The zero-order valence-electron chi connectivity index (χ0n) is 15.4. The van der Waals surface area contributed by atoms with E-state index in [0.717, 1.165) is 41.7 Å². The number of anilines is 1. The second-order valence-corrected chi connectivity index (χ2v) is 6.72. The van der Waals surface area contributed by atoms with Crippen molar-refractivity contribution in [3.63, 3.8) is 0 Å². The predicted octanol–water partition coefficient (Wildman–Crippen LogP) is 2.26. The molecule has 1 aromatic carbocycles. The highest BCUT2D eigenvalue weighted by atomic mass is 16.2. The summed E-state index contributed by atoms with van der Waals surface area (Å²) in [5.41, 5.74) is 3.06. The van der Waals surface area contributed by atoms with Gasteiger partial charge in [-0.3, -0.25) is 19.5 Å². The fraction of sp³-hybridized carbons (Fsp3) is 0.300. The van der Waals surface area contributed by atoms with Crippen LogP contribution >= 0.6 is 0 Å². The number of carbonyl (C=O) groups is 1. The van der Waals surface area contributed by atoms with Gasteiger partial charge in [-0.05, 0) is 19.5 Å². The summed E-state index contributed by atoms with van der Waals surface area (Å²) in [6.07, 6.45) is 0.816. The van der Waals surface area contributed by atoms with E-state index in [0.29, 0.717) is 17.9 Å². The number of pyridine rings is 1. The lowest BCUT2D eigenvalue weighted by atomic mass is 9.95. The minimum atomic E-state index is -0.295. The molecule has 0 aliphatic carbocycles. The lowest BCUT2D eigenvalue weighted by molar-refractivity contribution is 0.102. The van der Waals surface area contributed by atoms with Crippen molar-refractivity contribution in [1.82, 2.24) is 19.9 Å². The number of benzene rings is 1. The molecule has 0 fully saturated rings. The van der Waals surface area contributed by atoms with Crippen LogP contribution in [0.1, 0.15) is 34.4 Å². The number of para-hydroxylation sites is 1. The summed E-state index contributed by atoms with van der Waals surface area (Å²) in [6.45, 7) is 6.34. The molecule has 7 heteroatoms. The van der Waals surface area contributed by atoms with Gasteiger partial charge in [-0.2, -0.15) is 0 Å². The van der Waals surface area contributed by atoms with Gasteiger partial charge in [0.1, 0.15) is 11.6 Å². The summed E-state index contributed by atoms with van der Waals surface area (Å²) in [7, 11) is 0. The zero-order valence-corrected chi connectivity index (χ0v) is 15.4. The van der Waals surface area contributed by atoms with Crippen molar-refractivity contribution in [2.24, 2.45) is 0 Å². The fourth-order valence-electron chi connectivity index (χ4n) is 3.60. The van der Waals surface area contributed by atoms with E-state index in [1.165, 1.54) is 6.07 Å². The molecule has 0 radical (unpaired) electrons. The molecular weight excluding hydrogens is 342 g/mol. The predicted molar refractivity (Wildman–Crippen MR) is 104 cm³/mol. The van der Waals surface area contributed by atoms with E-state index < -0.39 is 0 Å². The summed E-state index contributed by atoms with van der Waals surface area (Å²) >= 11 is 0. The van der Waals surface area contributed by atoms with Gasteiger partial charge in [0.15, 0.2) is 0 Å². The lowest BCUT2D eigenvalue weighted by Crippen LogP contribution is -2.33. The number of aromatic nitrogens is 3. The Hall–Kier alpha value is -3.06. The van der Waals surface area contributed by atoms with Crippen LogP contribution in [0.25, 0.3) is 10.9 Å². The number of nitrogens with one attached hydrogen (secondary N) is 2. The van der Waals surface area contributed by atoms with Crippen LogP contribution in [-0.2, 0) is 13.0 Å². The first kappa shape index (κ1) is 17.4. The number of aromatic amines is 1. The quantitative estimate of drug-likeness (QED) is 0.745. The van der Waals surface area contributed by atoms with E-state index in [2.05, 4.69) is 27.1 Å². The molecule has 0 unspecified atom stereocenters. The van der Waals surface area contributed by atoms with E-state index in [1.54, 1.807) is 6.92 Å². The van der Waals surface area contributed by atoms with Crippen LogP contribution in [0.2, 0.25) is 0 Å². The minimum Gasteiger partial charge on any atom is -0.311 e. The minimum absolute atomic E-state index is 0.249. The first-order valence-corrected chi connectivity index (χ1v) is 9.07. The highest BCUT2D eigenvalue weighted by Crippen LogP contribution is 2.28. The van der Waals surface area contributed by atoms with Gasteiger partial charge in [0.05, 0.1) is 11.1 Å². The number of carbonyl (C=O) groups excluding carboxylic acids is 1. The molecule has 138 valence electrons. The molecule has 0 bridgehead atoms. The summed E-state index contributed by atoms with van der Waals surface area (Å²) in [5.74, 6) is 0.441. The molecule has 7 nitrogen and oxygen atoms in total. The van der Waals surface area contributed by atoms with Gasteiger partial charge in [-0.1, -0.05) is 25.1 Å². The van der Waals surface area contributed by atoms with E-state index in [9.17, 15) is 9.59 Å². The van der Waals surface area contributed by atoms with Crippen molar-refractivity contribution < 1.29 is 4.79 Å². The van der Waals surface area contributed by atoms with Crippen LogP contribution in [-0.4, -0.2) is 38.8 Å². The molecular formula is C20H21N5O2. The van der Waals surface area contributed by atoms with E-state index >= 15 is 0 Å². The Labute approximate surface area is 156 Å². The smallest absolute Gasteiger partial charge is 0.257 e. The number of hydrogen-bond acceptors (Lipinski definition) is 5. The van der Waals surface area contributed by atoms with Gasteiger partial charge < -0.3 is 10.3 Å². The number of hydrogen-bond donors (Lipinski definition) is 2. The molecule has 27 heavy (non-hydrogen) atoms. The van der Waals surface area contributed by atoms with Crippen molar-refractivity contribution in [1.29, 1.82) is 0 Å². The molecule has 0 spiro atoms. The Morgan fingerprint density at radius 3 is 2.89 bits per heavy atom. The van der Waals surface area contributed by atoms with Crippen molar-refractivity contribution in [3.05, 3.63) is 63.3 Å². The number of rotatable bonds is 3. The van der Waals surface area contributed by atoms with Crippen LogP contribution in [0.4, 0.5) is 5.82 Å². The Kier molecular flexibility index (Phi) is 4.45. The summed E-state index contributed by atoms with van der Waals surface area (Å²) < 4.78 is 0. The van der Waals surface area contributed by atoms with Crippen LogP contribution < -0.4 is 10.9 Å². The first-order valence-electron chi connectivity index (χ1n) is 9.07. The van der Waals surface area contributed by atoms with E-state index in [1.807, 2.05) is 24.3 Å². The molecule has 1 aliphatic heterocycles. The molecule has 0 saturated heterocycles. The molecule has 3 heterocycles. The molecule has 1 aliphatic rings. The third kappa shape index (κ3) is 3.33. The number of nitrogens with zero attached hydrogens (tertiary/aromatic N) is 3. The Balaban J connectivity index is 1.83. The Bertz CT molecular complexity index is 1090. The normalized spacial score (nSPS) is 14.1. The lowest BCUT2D eigenvalue weighted by Gasteiger charge is -2.29. The average Bonchev–Trinajstić information content (AvgIpc) is 2.64. The topological polar surface area (TPSA) is 91.0 Å². The van der Waals surface area contributed by atoms with Crippen LogP contribution in [0, 0.1) is 6.92 Å². The number of H-pyrrole nitrogens is 1. The summed E-state index contributed by atoms with van der Waals surface area (Å²) in [5, 5.41) is 3.61. The molecule has 3 aromatic rings. The highest BCUT2D eigenvalue weighted by Gasteiger charge is 2.25. The fourth-order valence-corrected chi connectivity index (χ4v) is 3.60. The molecule has 0 atom stereocenters. The highest BCUT2D eigenvalue weighted by molar-refractivity contribution is 6.13. The average molecular weight is 363 g/mol. The SMILES string of the molecule is CCN1CCc2nc3ccccc3c(C(=O)Nc3cc(=O)[nH]c(C)n3)c2C1. The van der Waals surface area contributed by atoms with Gasteiger partial charge in [0.2, 0.25) is 0 Å². The number of amides is 1. The van der Waals surface area contributed by atoms with Gasteiger partial charge in [0, 0.05) is 42.2 Å². The van der Waals surface area contributed by atoms with Crippen molar-refractivity contribution in [2.75, 3.05) is 18.4 Å². The van der Waals surface area contributed by atoms with E-state index in [4.69, 9.17) is 4.98 Å². The maximum Gasteiger partial charge on any atom is 0.257 e. The van der Waals surface area contributed by atoms with Gasteiger partial charge in [0.25, 0.3) is 11.5 Å². The molecule has 2 N–H and O–H groups in total. The number of fused-ring (bicyclic) bond motifs is 2. The summed E-state index contributed by atoms with van der Waals surface area (Å²) in [4.78, 5) is 38.8. The maximum absolute atomic E-state index is 13.2. The Morgan fingerprint density at radius 2 is 2.11 bits per heavy atom. The van der Waals surface area contributed by atoms with Crippen molar-refractivity contribution in [3.8, 4) is 0 Å². The van der Waals surface area contributed by atoms with Crippen LogP contribution in [0.3, 0.4) is 0 Å². The zero-order chi connectivity index (χ0) is 19.0. The van der Waals surface area contributed by atoms with Gasteiger partial charge in [-0.25, -0.2) is 4.98 Å². The third-order valence-electron chi connectivity index (χ3n) is 4.90. The molecule has 0 saturated carbocycles. The van der Waals surface area contributed by atoms with Crippen LogP contribution in [0.15, 0.2) is 35.1 Å². The molecule has 2 aromatic heterocycles. The van der Waals surface area contributed by atoms with Gasteiger partial charge >= 0.3 is 0 Å². The Morgan fingerprint density at radius 1 is 1.30 bits per heavy atom. The van der Waals surface area contributed by atoms with Crippen molar-refractivity contribution >= 4 is 22.6 Å². The number of likely N-dealkylation sites (N-methyl/N-ethyl adjacent to an activating group) is 1. The largest absolute Gasteiger partial charge is 0.311 e. The van der Waals surface area contributed by atoms with Crippen molar-refractivity contribution in [2.45, 2.75) is 26.8 Å². The van der Waals surface area contributed by atoms with Gasteiger partial charge in [-0.15, -0.1) is 0 Å². The summed E-state index contributed by atoms with van der Waals surface area (Å²) in [6, 6.07) is 8.96.